The van der Waals surface area contributed by atoms with Crippen molar-refractivity contribution < 1.29 is 24.2 Å². The maximum atomic E-state index is 12.1. The van der Waals surface area contributed by atoms with Crippen molar-refractivity contribution in [2.24, 2.45) is 5.92 Å². The van der Waals surface area contributed by atoms with Crippen LogP contribution in [0.2, 0.25) is 0 Å². The highest BCUT2D eigenvalue weighted by atomic mass is 16.5. The molecule has 7 nitrogen and oxygen atoms in total. The number of rotatable bonds is 5. The van der Waals surface area contributed by atoms with Crippen LogP contribution in [-0.2, 0) is 9.53 Å². The number of esters is 1. The summed E-state index contributed by atoms with van der Waals surface area (Å²) in [5.74, 6) is -1.59. The molecular weight excluding hydrogens is 324 g/mol. The lowest BCUT2D eigenvalue weighted by atomic mass is 10.1. The van der Waals surface area contributed by atoms with E-state index < -0.39 is 24.5 Å². The first kappa shape index (κ1) is 18.3. The number of fused-ring (bicyclic) bond motifs is 1. The quantitative estimate of drug-likeness (QED) is 0.721. The minimum atomic E-state index is -0.846. The molecule has 0 aliphatic heterocycles. The van der Waals surface area contributed by atoms with Crippen LogP contribution in [0, 0.1) is 5.92 Å². The molecule has 3 N–H and O–H groups in total. The average Bonchev–Trinajstić information content (AvgIpc) is 2.57. The molecule has 0 aliphatic carbocycles. The number of imide groups is 1. The largest absolute Gasteiger partial charge is 0.507 e. The maximum Gasteiger partial charge on any atom is 0.342 e. The monoisotopic (exact) mass is 344 g/mol. The number of benzene rings is 2. The summed E-state index contributed by atoms with van der Waals surface area (Å²) in [5, 5.41) is 16.0. The molecular formula is C18H20N2O5. The highest BCUT2D eigenvalue weighted by molar-refractivity contribution is 6.00. The van der Waals surface area contributed by atoms with E-state index >= 15 is 0 Å². The summed E-state index contributed by atoms with van der Waals surface area (Å²) >= 11 is 0. The number of aromatic hydroxyl groups is 1. The summed E-state index contributed by atoms with van der Waals surface area (Å²) in [7, 11) is 0. The first-order valence-electron chi connectivity index (χ1n) is 7.83. The molecule has 7 heteroatoms. The molecule has 0 heterocycles. The fraction of sp³-hybridized carbons (Fsp3) is 0.278. The first-order chi connectivity index (χ1) is 11.9. The molecule has 0 saturated heterocycles. The molecule has 0 saturated carbocycles. The molecule has 0 atom stereocenters. The second kappa shape index (κ2) is 8.14. The Morgan fingerprint density at radius 2 is 1.76 bits per heavy atom. The Morgan fingerprint density at radius 1 is 1.12 bits per heavy atom. The summed E-state index contributed by atoms with van der Waals surface area (Å²) in [6, 6.07) is 9.49. The van der Waals surface area contributed by atoms with E-state index in [0.717, 1.165) is 10.8 Å². The number of phenols is 1. The first-order valence-corrected chi connectivity index (χ1v) is 7.83. The van der Waals surface area contributed by atoms with Gasteiger partial charge in [0.2, 0.25) is 0 Å². The Labute approximate surface area is 145 Å². The van der Waals surface area contributed by atoms with Crippen molar-refractivity contribution in [1.82, 2.24) is 10.6 Å². The van der Waals surface area contributed by atoms with Gasteiger partial charge < -0.3 is 15.2 Å². The third-order valence-corrected chi connectivity index (χ3v) is 3.34. The van der Waals surface area contributed by atoms with Crippen LogP contribution in [0.4, 0.5) is 4.79 Å². The summed E-state index contributed by atoms with van der Waals surface area (Å²) in [4.78, 5) is 35.1. The van der Waals surface area contributed by atoms with E-state index in [1.54, 1.807) is 18.2 Å². The van der Waals surface area contributed by atoms with E-state index in [-0.39, 0.29) is 17.2 Å². The molecule has 0 aromatic heterocycles. The second-order valence-electron chi connectivity index (χ2n) is 5.94. The number of carbonyl (C=O) groups is 3. The van der Waals surface area contributed by atoms with Crippen molar-refractivity contribution in [2.45, 2.75) is 13.8 Å². The standard InChI is InChI=1S/C18H20N2O5/c1-11(2)9-19-18(24)20-16(22)10-25-17(23)14-7-12-5-3-4-6-13(12)8-15(14)21/h3-8,11,21H,9-10H2,1-2H3,(H2,19,20,22,24). The van der Waals surface area contributed by atoms with Gasteiger partial charge in [-0.05, 0) is 28.8 Å². The number of nitrogens with one attached hydrogen (secondary N) is 2. The lowest BCUT2D eigenvalue weighted by molar-refractivity contribution is -0.123. The molecule has 0 radical (unpaired) electrons. The van der Waals surface area contributed by atoms with Gasteiger partial charge in [0, 0.05) is 6.54 Å². The normalized spacial score (nSPS) is 10.5. The van der Waals surface area contributed by atoms with Gasteiger partial charge in [0.05, 0.1) is 0 Å². The van der Waals surface area contributed by atoms with Crippen LogP contribution in [0.5, 0.6) is 5.75 Å². The molecule has 2 aromatic rings. The van der Waals surface area contributed by atoms with Gasteiger partial charge in [0.15, 0.2) is 6.61 Å². The van der Waals surface area contributed by atoms with Crippen molar-refractivity contribution in [2.75, 3.05) is 13.2 Å². The summed E-state index contributed by atoms with van der Waals surface area (Å²) in [6.45, 7) is 3.63. The molecule has 0 unspecified atom stereocenters. The Balaban J connectivity index is 1.93. The predicted molar refractivity (Wildman–Crippen MR) is 92.3 cm³/mol. The van der Waals surface area contributed by atoms with Crippen molar-refractivity contribution in [3.05, 3.63) is 42.0 Å². The molecule has 25 heavy (non-hydrogen) atoms. The van der Waals surface area contributed by atoms with E-state index in [0.29, 0.717) is 6.54 Å². The van der Waals surface area contributed by atoms with Gasteiger partial charge in [-0.15, -0.1) is 0 Å². The predicted octanol–water partition coefficient (Wildman–Crippen LogP) is 2.18. The van der Waals surface area contributed by atoms with Crippen LogP contribution in [0.15, 0.2) is 36.4 Å². The fourth-order valence-electron chi connectivity index (χ4n) is 2.10. The zero-order chi connectivity index (χ0) is 18.4. The average molecular weight is 344 g/mol. The molecule has 0 bridgehead atoms. The zero-order valence-corrected chi connectivity index (χ0v) is 14.0. The van der Waals surface area contributed by atoms with Gasteiger partial charge >= 0.3 is 12.0 Å². The zero-order valence-electron chi connectivity index (χ0n) is 14.0. The summed E-state index contributed by atoms with van der Waals surface area (Å²) in [5.41, 5.74) is -0.0456. The van der Waals surface area contributed by atoms with E-state index in [4.69, 9.17) is 4.74 Å². The van der Waals surface area contributed by atoms with Gasteiger partial charge in [-0.3, -0.25) is 10.1 Å². The van der Waals surface area contributed by atoms with Gasteiger partial charge in [-0.1, -0.05) is 38.1 Å². The van der Waals surface area contributed by atoms with Gasteiger partial charge in [0.25, 0.3) is 5.91 Å². The number of phenolic OH excluding ortho intramolecular Hbond substituents is 1. The Hall–Kier alpha value is -3.09. The van der Waals surface area contributed by atoms with Crippen LogP contribution in [0.1, 0.15) is 24.2 Å². The van der Waals surface area contributed by atoms with Crippen LogP contribution in [-0.4, -0.2) is 36.2 Å². The van der Waals surface area contributed by atoms with E-state index in [1.807, 2.05) is 19.9 Å². The highest BCUT2D eigenvalue weighted by Crippen LogP contribution is 2.25. The molecule has 0 fully saturated rings. The number of hydrogen-bond acceptors (Lipinski definition) is 5. The van der Waals surface area contributed by atoms with E-state index in [1.165, 1.54) is 12.1 Å². The van der Waals surface area contributed by atoms with E-state index in [9.17, 15) is 19.5 Å². The molecule has 132 valence electrons. The number of urea groups is 1. The smallest absolute Gasteiger partial charge is 0.342 e. The second-order valence-corrected chi connectivity index (χ2v) is 5.94. The van der Waals surface area contributed by atoms with Gasteiger partial charge in [0.1, 0.15) is 11.3 Å². The maximum absolute atomic E-state index is 12.1. The van der Waals surface area contributed by atoms with Crippen molar-refractivity contribution in [3.63, 3.8) is 0 Å². The Kier molecular flexibility index (Phi) is 5.94. The third-order valence-electron chi connectivity index (χ3n) is 3.34. The van der Waals surface area contributed by atoms with Crippen molar-refractivity contribution >= 4 is 28.7 Å². The topological polar surface area (TPSA) is 105 Å². The molecule has 2 aromatic carbocycles. The number of ether oxygens (including phenoxy) is 1. The molecule has 2 rings (SSSR count). The summed E-state index contributed by atoms with van der Waals surface area (Å²) in [6.07, 6.45) is 0. The number of carbonyl (C=O) groups excluding carboxylic acids is 3. The molecule has 0 spiro atoms. The number of hydrogen-bond donors (Lipinski definition) is 3. The molecule has 0 aliphatic rings. The minimum absolute atomic E-state index is 0.0456. The van der Waals surface area contributed by atoms with Gasteiger partial charge in [-0.2, -0.15) is 0 Å². The van der Waals surface area contributed by atoms with Gasteiger partial charge in [-0.25, -0.2) is 9.59 Å². The lowest BCUT2D eigenvalue weighted by Crippen LogP contribution is -2.42. The van der Waals surface area contributed by atoms with Crippen molar-refractivity contribution in [3.8, 4) is 5.75 Å². The minimum Gasteiger partial charge on any atom is -0.507 e. The summed E-state index contributed by atoms with van der Waals surface area (Å²) < 4.78 is 4.86. The van der Waals surface area contributed by atoms with Crippen LogP contribution < -0.4 is 10.6 Å². The number of amides is 3. The fourth-order valence-corrected chi connectivity index (χ4v) is 2.10. The van der Waals surface area contributed by atoms with E-state index in [2.05, 4.69) is 10.6 Å². The third kappa shape index (κ3) is 5.20. The van der Waals surface area contributed by atoms with Crippen LogP contribution >= 0.6 is 0 Å². The SMILES string of the molecule is CC(C)CNC(=O)NC(=O)COC(=O)c1cc2ccccc2cc1O. The Morgan fingerprint density at radius 3 is 2.40 bits per heavy atom. The highest BCUT2D eigenvalue weighted by Gasteiger charge is 2.16. The lowest BCUT2D eigenvalue weighted by Gasteiger charge is -2.10. The van der Waals surface area contributed by atoms with Crippen LogP contribution in [0.3, 0.4) is 0 Å². The Bertz CT molecular complexity index is 801. The van der Waals surface area contributed by atoms with Crippen LogP contribution in [0.25, 0.3) is 10.8 Å². The molecule has 3 amide bonds. The van der Waals surface area contributed by atoms with Crippen molar-refractivity contribution in [1.29, 1.82) is 0 Å².